The Morgan fingerprint density at radius 3 is 2.70 bits per heavy atom. The van der Waals surface area contributed by atoms with E-state index in [1.165, 1.54) is 0 Å². The van der Waals surface area contributed by atoms with E-state index in [-0.39, 0.29) is 24.6 Å². The van der Waals surface area contributed by atoms with Gasteiger partial charge in [0, 0.05) is 11.0 Å². The molecule has 3 aliphatic carbocycles. The Bertz CT molecular complexity index is 918. The molecule has 2 saturated carbocycles. The number of ether oxygens (including phenoxy) is 3. The number of rotatable bonds is 3. The highest BCUT2D eigenvalue weighted by Crippen LogP contribution is 2.80. The quantitative estimate of drug-likeness (QED) is 0.328. The van der Waals surface area contributed by atoms with Crippen LogP contribution in [0.4, 0.5) is 0 Å². The topological polar surface area (TPSA) is 141 Å². The van der Waals surface area contributed by atoms with E-state index < -0.39 is 51.5 Å². The Labute approximate surface area is 172 Å². The van der Waals surface area contributed by atoms with Crippen molar-refractivity contribution in [3.05, 3.63) is 16.1 Å². The average molecular weight is 424 g/mol. The number of nitrogens with zero attached hydrogens (tertiary/aromatic N) is 1. The summed E-state index contributed by atoms with van der Waals surface area (Å²) in [5.74, 6) is -0.826. The first kappa shape index (κ1) is 19.0. The molecule has 4 fully saturated rings. The number of carbonyl (C=O) groups excluding carboxylic acids is 1. The summed E-state index contributed by atoms with van der Waals surface area (Å²) in [6, 6.07) is 0. The number of aliphatic hydroxyl groups is 2. The van der Waals surface area contributed by atoms with Crippen LogP contribution in [0.25, 0.3) is 0 Å². The van der Waals surface area contributed by atoms with Gasteiger partial charge in [-0.1, -0.05) is 20.8 Å². The van der Waals surface area contributed by atoms with Crippen LogP contribution in [0.5, 0.6) is 0 Å². The van der Waals surface area contributed by atoms with Crippen molar-refractivity contribution in [2.75, 3.05) is 6.61 Å². The van der Waals surface area contributed by atoms with Crippen molar-refractivity contribution >= 4 is 5.97 Å². The van der Waals surface area contributed by atoms with Crippen molar-refractivity contribution in [2.45, 2.75) is 81.3 Å². The minimum atomic E-state index is -1.86. The molecule has 0 aromatic carbocycles. The van der Waals surface area contributed by atoms with E-state index in [0.29, 0.717) is 19.3 Å². The van der Waals surface area contributed by atoms with E-state index in [1.807, 2.05) is 0 Å². The van der Waals surface area contributed by atoms with Gasteiger partial charge in [-0.3, -0.25) is 0 Å². The lowest BCUT2D eigenvalue weighted by atomic mass is 9.45. The molecule has 3 aliphatic heterocycles. The first-order valence-corrected chi connectivity index (χ1v) is 10.5. The monoisotopic (exact) mass is 424 g/mol. The summed E-state index contributed by atoms with van der Waals surface area (Å²) in [4.78, 5) is 28.6. The zero-order valence-corrected chi connectivity index (χ0v) is 17.0. The fraction of sp³-hybridized carbons (Fsp3) is 0.850. The molecular weight excluding hydrogens is 398 g/mol. The number of hydrogen-bond acceptors (Lipinski definition) is 8. The van der Waals surface area contributed by atoms with Crippen LogP contribution in [0.1, 0.15) is 40.0 Å². The molecule has 0 amide bonds. The van der Waals surface area contributed by atoms with E-state index in [9.17, 15) is 25.1 Å². The molecule has 9 atom stereocenters. The molecule has 6 aliphatic rings. The molecule has 0 radical (unpaired) electrons. The van der Waals surface area contributed by atoms with E-state index in [1.54, 1.807) is 13.8 Å². The van der Waals surface area contributed by atoms with Crippen LogP contribution in [0.3, 0.4) is 0 Å². The lowest BCUT2D eigenvalue weighted by Gasteiger charge is -2.56. The third-order valence-corrected chi connectivity index (χ3v) is 9.07. The number of cyclic esters (lactones) is 1. The number of carbonyl (C=O) groups is 1. The number of hydrogen-bond donors (Lipinski definition) is 3. The fourth-order valence-electron chi connectivity index (χ4n) is 7.51. The Kier molecular flexibility index (Phi) is 3.27. The van der Waals surface area contributed by atoms with Gasteiger partial charge in [0.2, 0.25) is 6.10 Å². The Balaban J connectivity index is 1.50. The maximum atomic E-state index is 12.1. The highest BCUT2D eigenvalue weighted by molar-refractivity contribution is 5.92. The molecule has 3 N–H and O–H groups in total. The van der Waals surface area contributed by atoms with Crippen LogP contribution < -0.4 is 0 Å². The third kappa shape index (κ3) is 1.70. The van der Waals surface area contributed by atoms with Crippen LogP contribution in [0.15, 0.2) is 11.1 Å². The predicted octanol–water partition coefficient (Wildman–Crippen LogP) is 0.165. The number of fused-ring (bicyclic) bond motifs is 2. The fourth-order valence-corrected chi connectivity index (χ4v) is 7.51. The highest BCUT2D eigenvalue weighted by Gasteiger charge is 2.98. The second-order valence-corrected chi connectivity index (χ2v) is 10.2. The smallest absolute Gasteiger partial charge is 0.458 e. The van der Waals surface area contributed by atoms with Gasteiger partial charge in [0.15, 0.2) is 5.60 Å². The molecule has 2 spiro atoms. The summed E-state index contributed by atoms with van der Waals surface area (Å²) in [6.07, 6.45) is -2.04. The van der Waals surface area contributed by atoms with Crippen LogP contribution in [0.2, 0.25) is 0 Å². The Morgan fingerprint density at radius 2 is 2.03 bits per heavy atom. The molecule has 164 valence electrons. The SMILES string of the molecule is CC(C)[C@]1(O)[C@H](O[N+](=O)O)[C@@H]2O[C@]23[C@]2(O[C@H]2C[C@H]2C4=C(CC[C@@]23C)C(=O)OC4)[C@@H]1O. The van der Waals surface area contributed by atoms with Crippen molar-refractivity contribution in [1.82, 2.24) is 0 Å². The first-order chi connectivity index (χ1) is 14.1. The predicted molar refractivity (Wildman–Crippen MR) is 94.7 cm³/mol. The van der Waals surface area contributed by atoms with E-state index in [4.69, 9.17) is 19.0 Å². The van der Waals surface area contributed by atoms with Gasteiger partial charge in [0.25, 0.3) is 0 Å². The van der Waals surface area contributed by atoms with Crippen molar-refractivity contribution in [3.63, 3.8) is 0 Å². The van der Waals surface area contributed by atoms with Gasteiger partial charge < -0.3 is 24.4 Å². The van der Waals surface area contributed by atoms with Gasteiger partial charge in [-0.15, -0.1) is 0 Å². The van der Waals surface area contributed by atoms with Crippen LogP contribution in [0, 0.1) is 22.2 Å². The normalized spacial score (nSPS) is 55.0. The van der Waals surface area contributed by atoms with Crippen LogP contribution >= 0.6 is 0 Å². The van der Waals surface area contributed by atoms with Gasteiger partial charge in [0.1, 0.15) is 34.9 Å². The largest absolute Gasteiger partial charge is 0.475 e. The third-order valence-electron chi connectivity index (χ3n) is 9.07. The lowest BCUT2D eigenvalue weighted by Crippen LogP contribution is -2.76. The zero-order valence-electron chi connectivity index (χ0n) is 17.0. The minimum absolute atomic E-state index is 0.0473. The van der Waals surface area contributed by atoms with Crippen molar-refractivity contribution < 1.29 is 44.3 Å². The molecule has 0 unspecified atom stereocenters. The maximum absolute atomic E-state index is 12.1. The molecule has 30 heavy (non-hydrogen) atoms. The molecule has 0 bridgehead atoms. The van der Waals surface area contributed by atoms with Gasteiger partial charge in [-0.2, -0.15) is 4.84 Å². The second-order valence-electron chi connectivity index (χ2n) is 10.2. The van der Waals surface area contributed by atoms with Crippen LogP contribution in [-0.2, 0) is 23.8 Å². The van der Waals surface area contributed by atoms with Gasteiger partial charge >= 0.3 is 11.1 Å². The summed E-state index contributed by atoms with van der Waals surface area (Å²) in [5.41, 5.74) is -2.82. The summed E-state index contributed by atoms with van der Waals surface area (Å²) in [7, 11) is 0. The molecule has 10 heteroatoms. The molecule has 6 rings (SSSR count). The standard InChI is InChI=1S/C20H26NO9/c1-8(2)18(24)13(30-21(25)26)14-20(29-14)17(3)5-4-9-10(7-27-15(9)22)11(17)6-12-19(20,28-12)16(18)23/h8,11-14,16,23-24H,4-7H2,1-3H3,(H,25,26)/q+1/t11-,12-,13+,14-,16+,17-,18-,19+,20+/m0/s1. The number of epoxide rings is 2. The molecule has 10 nitrogen and oxygen atoms in total. The second kappa shape index (κ2) is 5.17. The maximum Gasteiger partial charge on any atom is 0.475 e. The lowest BCUT2D eigenvalue weighted by molar-refractivity contribution is -0.984. The highest BCUT2D eigenvalue weighted by atomic mass is 17.0. The molecule has 0 aromatic rings. The molecule has 3 heterocycles. The van der Waals surface area contributed by atoms with Crippen molar-refractivity contribution in [2.24, 2.45) is 17.3 Å². The molecule has 2 saturated heterocycles. The minimum Gasteiger partial charge on any atom is -0.458 e. The zero-order chi connectivity index (χ0) is 21.4. The van der Waals surface area contributed by atoms with Crippen molar-refractivity contribution in [3.8, 4) is 0 Å². The summed E-state index contributed by atoms with van der Waals surface area (Å²) in [5, 5.41) is 31.6. The van der Waals surface area contributed by atoms with Crippen LogP contribution in [-0.4, -0.2) is 74.3 Å². The Hall–Kier alpha value is -1.75. The average Bonchev–Trinajstić information content (AvgIpc) is 3.56. The van der Waals surface area contributed by atoms with Gasteiger partial charge in [-0.05, 0) is 36.7 Å². The molecule has 0 aromatic heterocycles. The van der Waals surface area contributed by atoms with E-state index in [0.717, 1.165) is 11.1 Å². The number of aliphatic hydroxyl groups excluding tert-OH is 1. The summed E-state index contributed by atoms with van der Waals surface area (Å²) in [6.45, 7) is 5.73. The van der Waals surface area contributed by atoms with Crippen molar-refractivity contribution in [1.29, 1.82) is 0 Å². The van der Waals surface area contributed by atoms with E-state index in [2.05, 4.69) is 6.92 Å². The number of esters is 1. The van der Waals surface area contributed by atoms with Gasteiger partial charge in [-0.25, -0.2) is 10.0 Å². The molecular formula is C20H26NO9+. The summed E-state index contributed by atoms with van der Waals surface area (Å²) >= 11 is 0. The first-order valence-electron chi connectivity index (χ1n) is 10.5. The van der Waals surface area contributed by atoms with E-state index >= 15 is 0 Å². The Morgan fingerprint density at radius 1 is 1.30 bits per heavy atom. The van der Waals surface area contributed by atoms with Gasteiger partial charge in [0.05, 0.1) is 6.10 Å². The summed E-state index contributed by atoms with van der Waals surface area (Å²) < 4.78 is 17.8.